The average Bonchev–Trinajstić information content (AvgIpc) is 2.76. The van der Waals surface area contributed by atoms with Gasteiger partial charge < -0.3 is 9.84 Å². The Morgan fingerprint density at radius 2 is 1.86 bits per heavy atom. The Morgan fingerprint density at radius 1 is 1.27 bits per heavy atom. The lowest BCUT2D eigenvalue weighted by atomic mass is 9.87. The number of carbonyl (C=O) groups is 2. The Bertz CT molecular complexity index is 564. The number of carboxylic acid groups (broad SMARTS) is 1. The first-order valence-electron chi connectivity index (χ1n) is 7.50. The third kappa shape index (κ3) is 2.80. The summed E-state index contributed by atoms with van der Waals surface area (Å²) in [6, 6.07) is 8.72. The minimum atomic E-state index is -1.36. The normalized spacial score (nSPS) is 25.1. The number of hydrogen-bond acceptors (Lipinski definition) is 3. The molecule has 1 aromatic carbocycles. The molecule has 1 unspecified atom stereocenters. The van der Waals surface area contributed by atoms with E-state index in [2.05, 4.69) is 0 Å². The first kappa shape index (κ1) is 16.3. The molecule has 22 heavy (non-hydrogen) atoms. The number of benzene rings is 1. The second-order valence-corrected chi connectivity index (χ2v) is 6.77. The average molecular weight is 305 g/mol. The van der Waals surface area contributed by atoms with Gasteiger partial charge in [0.25, 0.3) is 0 Å². The maximum atomic E-state index is 12.6. The van der Waals surface area contributed by atoms with Gasteiger partial charge in [-0.3, -0.25) is 4.90 Å². The molecule has 1 fully saturated rings. The number of aliphatic carboxylic acids is 1. The predicted molar refractivity (Wildman–Crippen MR) is 82.5 cm³/mol. The van der Waals surface area contributed by atoms with Crippen LogP contribution < -0.4 is 0 Å². The van der Waals surface area contributed by atoms with E-state index < -0.39 is 23.2 Å². The Morgan fingerprint density at radius 3 is 2.36 bits per heavy atom. The zero-order valence-corrected chi connectivity index (χ0v) is 13.5. The summed E-state index contributed by atoms with van der Waals surface area (Å²) in [6.07, 6.45) is 0.427. The van der Waals surface area contributed by atoms with Gasteiger partial charge in [-0.15, -0.1) is 0 Å². The molecular weight excluding hydrogens is 282 g/mol. The largest absolute Gasteiger partial charge is 0.479 e. The van der Waals surface area contributed by atoms with Crippen LogP contribution in [0.5, 0.6) is 0 Å². The van der Waals surface area contributed by atoms with E-state index in [1.807, 2.05) is 13.0 Å². The summed E-state index contributed by atoms with van der Waals surface area (Å²) in [5.41, 5.74) is -1.42. The van der Waals surface area contributed by atoms with E-state index in [1.54, 1.807) is 45.0 Å². The fourth-order valence-electron chi connectivity index (χ4n) is 3.02. The molecule has 1 heterocycles. The molecule has 2 rings (SSSR count). The highest BCUT2D eigenvalue weighted by Gasteiger charge is 2.55. The van der Waals surface area contributed by atoms with Crippen LogP contribution >= 0.6 is 0 Å². The fraction of sp³-hybridized carbons (Fsp3) is 0.529. The van der Waals surface area contributed by atoms with Gasteiger partial charge in [-0.1, -0.05) is 30.3 Å². The quantitative estimate of drug-likeness (QED) is 0.909. The zero-order valence-electron chi connectivity index (χ0n) is 13.5. The molecule has 1 amide bonds. The molecule has 1 saturated heterocycles. The van der Waals surface area contributed by atoms with E-state index in [-0.39, 0.29) is 6.04 Å². The summed E-state index contributed by atoms with van der Waals surface area (Å²) < 4.78 is 5.44. The minimum absolute atomic E-state index is 0.189. The molecule has 0 spiro atoms. The Kier molecular flexibility index (Phi) is 4.18. The molecule has 5 nitrogen and oxygen atoms in total. The van der Waals surface area contributed by atoms with E-state index in [0.717, 1.165) is 0 Å². The molecule has 1 aliphatic rings. The lowest BCUT2D eigenvalue weighted by Gasteiger charge is -2.38. The highest BCUT2D eigenvalue weighted by atomic mass is 16.6. The molecule has 1 N–H and O–H groups in total. The first-order valence-corrected chi connectivity index (χ1v) is 7.50. The highest BCUT2D eigenvalue weighted by molar-refractivity contribution is 5.87. The molecule has 0 aliphatic carbocycles. The third-order valence-corrected chi connectivity index (χ3v) is 3.97. The second kappa shape index (κ2) is 5.63. The van der Waals surface area contributed by atoms with Crippen LogP contribution in [0.15, 0.2) is 30.3 Å². The number of hydrogen-bond donors (Lipinski definition) is 1. The van der Waals surface area contributed by atoms with Crippen LogP contribution in [-0.4, -0.2) is 33.7 Å². The summed E-state index contributed by atoms with van der Waals surface area (Å²) in [4.78, 5) is 26.1. The predicted octanol–water partition coefficient (Wildman–Crippen LogP) is 3.39. The lowest BCUT2D eigenvalue weighted by Crippen LogP contribution is -2.54. The second-order valence-electron chi connectivity index (χ2n) is 6.77. The summed E-state index contributed by atoms with van der Waals surface area (Å²) >= 11 is 0. The van der Waals surface area contributed by atoms with Crippen molar-refractivity contribution in [3.8, 4) is 0 Å². The molecule has 120 valence electrons. The van der Waals surface area contributed by atoms with Gasteiger partial charge in [-0.25, -0.2) is 9.59 Å². The van der Waals surface area contributed by atoms with Gasteiger partial charge >= 0.3 is 12.1 Å². The van der Waals surface area contributed by atoms with Crippen LogP contribution in [-0.2, 0) is 15.1 Å². The van der Waals surface area contributed by atoms with Crippen molar-refractivity contribution in [1.82, 2.24) is 4.90 Å². The maximum absolute atomic E-state index is 12.6. The van der Waals surface area contributed by atoms with Gasteiger partial charge in [0.1, 0.15) is 5.60 Å². The minimum Gasteiger partial charge on any atom is -0.479 e. The lowest BCUT2D eigenvalue weighted by molar-refractivity contribution is -0.151. The molecular formula is C17H23NO4. The highest BCUT2D eigenvalue weighted by Crippen LogP contribution is 2.43. The van der Waals surface area contributed by atoms with Crippen molar-refractivity contribution >= 4 is 12.1 Å². The van der Waals surface area contributed by atoms with Crippen molar-refractivity contribution in [2.45, 2.75) is 57.7 Å². The number of nitrogens with zero attached hydrogens (tertiary/aromatic N) is 1. The van der Waals surface area contributed by atoms with Crippen LogP contribution in [0.25, 0.3) is 0 Å². The molecule has 1 aromatic rings. The van der Waals surface area contributed by atoms with E-state index in [4.69, 9.17) is 4.74 Å². The fourth-order valence-corrected chi connectivity index (χ4v) is 3.02. The van der Waals surface area contributed by atoms with Crippen LogP contribution in [0, 0.1) is 0 Å². The molecule has 0 bridgehead atoms. The van der Waals surface area contributed by atoms with Crippen molar-refractivity contribution < 1.29 is 19.4 Å². The van der Waals surface area contributed by atoms with Gasteiger partial charge in [0.05, 0.1) is 0 Å². The van der Waals surface area contributed by atoms with Gasteiger partial charge in [-0.2, -0.15) is 0 Å². The molecule has 1 aliphatic heterocycles. The Labute approximate surface area is 130 Å². The summed E-state index contributed by atoms with van der Waals surface area (Å²) in [5.74, 6) is -1.02. The summed E-state index contributed by atoms with van der Waals surface area (Å²) in [7, 11) is 0. The molecule has 2 atom stereocenters. The standard InChI is InChI=1S/C17H23NO4/c1-12-10-11-17(14(19)20,13-8-6-5-7-9-13)18(12)15(21)22-16(2,3)4/h5-9,12H,10-11H2,1-4H3,(H,19,20)/t12?,17-/m1/s1. The van der Waals surface area contributed by atoms with Gasteiger partial charge in [0.15, 0.2) is 5.54 Å². The Hall–Kier alpha value is -2.04. The number of amides is 1. The van der Waals surface area contributed by atoms with Crippen molar-refractivity contribution in [3.63, 3.8) is 0 Å². The molecule has 0 saturated carbocycles. The molecule has 0 aromatic heterocycles. The molecule has 5 heteroatoms. The third-order valence-electron chi connectivity index (χ3n) is 3.97. The zero-order chi connectivity index (χ0) is 16.5. The van der Waals surface area contributed by atoms with Crippen LogP contribution in [0.1, 0.15) is 46.1 Å². The van der Waals surface area contributed by atoms with Gasteiger partial charge in [-0.05, 0) is 46.1 Å². The van der Waals surface area contributed by atoms with Gasteiger partial charge in [0.2, 0.25) is 0 Å². The molecule has 0 radical (unpaired) electrons. The number of carboxylic acids is 1. The summed E-state index contributed by atoms with van der Waals surface area (Å²) in [6.45, 7) is 7.18. The van der Waals surface area contributed by atoms with Crippen LogP contribution in [0.2, 0.25) is 0 Å². The van der Waals surface area contributed by atoms with Crippen molar-refractivity contribution in [3.05, 3.63) is 35.9 Å². The SMILES string of the molecule is CC1CC[C@](C(=O)O)(c2ccccc2)N1C(=O)OC(C)(C)C. The van der Waals surface area contributed by atoms with Crippen molar-refractivity contribution in [2.75, 3.05) is 0 Å². The van der Waals surface area contributed by atoms with E-state index >= 15 is 0 Å². The maximum Gasteiger partial charge on any atom is 0.411 e. The van der Waals surface area contributed by atoms with Crippen molar-refractivity contribution in [2.24, 2.45) is 0 Å². The Balaban J connectivity index is 2.48. The van der Waals surface area contributed by atoms with E-state index in [9.17, 15) is 14.7 Å². The van der Waals surface area contributed by atoms with Crippen LogP contribution in [0.4, 0.5) is 4.79 Å². The number of carbonyl (C=O) groups excluding carboxylic acids is 1. The number of rotatable bonds is 2. The number of ether oxygens (including phenoxy) is 1. The van der Waals surface area contributed by atoms with Crippen molar-refractivity contribution in [1.29, 1.82) is 0 Å². The smallest absolute Gasteiger partial charge is 0.411 e. The van der Waals surface area contributed by atoms with Crippen LogP contribution in [0.3, 0.4) is 0 Å². The topological polar surface area (TPSA) is 66.8 Å². The monoisotopic (exact) mass is 305 g/mol. The first-order chi connectivity index (χ1) is 10.2. The van der Waals surface area contributed by atoms with E-state index in [1.165, 1.54) is 4.90 Å². The number of likely N-dealkylation sites (tertiary alicyclic amines) is 1. The van der Waals surface area contributed by atoms with Gasteiger partial charge in [0, 0.05) is 6.04 Å². The van der Waals surface area contributed by atoms with E-state index in [0.29, 0.717) is 18.4 Å². The summed E-state index contributed by atoms with van der Waals surface area (Å²) in [5, 5.41) is 9.90.